The maximum Gasteiger partial charge on any atom is 0.351 e. The number of amides is 1. The van der Waals surface area contributed by atoms with Gasteiger partial charge in [0.25, 0.3) is 8.53 Å². The summed E-state index contributed by atoms with van der Waals surface area (Å²) in [6.45, 7) is 7.22. The number of aromatic nitrogens is 2. The van der Waals surface area contributed by atoms with Gasteiger partial charge in [-0.15, -0.1) is 0 Å². The lowest BCUT2D eigenvalue weighted by molar-refractivity contribution is -0.114. The molecule has 5 rings (SSSR count). The van der Waals surface area contributed by atoms with Crippen LogP contribution in [0, 0.1) is 11.3 Å². The first-order chi connectivity index (χ1) is 27.7. The molecule has 292 valence electrons. The molecule has 1 amide bonds. The Morgan fingerprint density at radius 1 is 1.04 bits per heavy atom. The van der Waals surface area contributed by atoms with Crippen molar-refractivity contribution in [1.29, 1.82) is 5.26 Å². The van der Waals surface area contributed by atoms with E-state index in [-0.39, 0.29) is 30.9 Å². The monoisotopic (exact) mass is 774 g/mol. The van der Waals surface area contributed by atoms with Gasteiger partial charge in [0.05, 0.1) is 48.7 Å². The molecule has 6 atom stereocenters. The van der Waals surface area contributed by atoms with Crippen LogP contribution in [0.25, 0.3) is 0 Å². The summed E-state index contributed by atoms with van der Waals surface area (Å²) in [4.78, 5) is 29.2. The summed E-state index contributed by atoms with van der Waals surface area (Å²) in [6, 6.07) is 26.8. The Bertz CT molecular complexity index is 2020. The summed E-state index contributed by atoms with van der Waals surface area (Å²) in [5.74, 6) is 0.737. The van der Waals surface area contributed by atoms with Gasteiger partial charge in [0.15, 0.2) is 0 Å². The van der Waals surface area contributed by atoms with Gasteiger partial charge < -0.3 is 33.3 Å². The zero-order chi connectivity index (χ0) is 42.2. The maximum absolute atomic E-state index is 13.5. The normalized spacial score (nSPS) is 21.7. The highest BCUT2D eigenvalue weighted by Gasteiger charge is 2.45. The predicted octanol–water partition coefficient (Wildman–Crippen LogP) is 7.18. The SMILES string of the molecule is [2H]C(OC(c1ccccc1)(c1ccc(OC)cc1)c1ccc(OC)cc1)[C@H]1O[C@@H](n2ccc(NC(C)=O)nc2=O)[C@@H]([2H])[C@]1([2H])OP(OCCC#N)N(C(C)C)C(C)C. The number of hydrogen-bond acceptors (Lipinski definition) is 11. The molecular formula is C41H50N5O8P. The zero-order valence-electron chi connectivity index (χ0n) is 35.0. The van der Waals surface area contributed by atoms with E-state index in [1.54, 1.807) is 38.5 Å². The number of nitrogens with one attached hydrogen (secondary N) is 1. The summed E-state index contributed by atoms with van der Waals surface area (Å²) in [6.07, 6.45) is -5.92. The van der Waals surface area contributed by atoms with Crippen LogP contribution in [0.1, 0.15) is 74.5 Å². The first kappa shape index (κ1) is 37.3. The Labute approximate surface area is 328 Å². The molecular weight excluding hydrogens is 721 g/mol. The van der Waals surface area contributed by atoms with E-state index in [4.69, 9.17) is 28.0 Å². The molecule has 0 aliphatic carbocycles. The number of nitriles is 1. The minimum Gasteiger partial charge on any atom is -0.497 e. The van der Waals surface area contributed by atoms with E-state index >= 15 is 0 Å². The summed E-state index contributed by atoms with van der Waals surface area (Å²) in [5, 5.41) is 11.8. The Morgan fingerprint density at radius 3 is 2.13 bits per heavy atom. The lowest BCUT2D eigenvalue weighted by Crippen LogP contribution is -2.39. The van der Waals surface area contributed by atoms with E-state index < -0.39 is 57.1 Å². The summed E-state index contributed by atoms with van der Waals surface area (Å²) in [7, 11) is 0.960. The van der Waals surface area contributed by atoms with Crippen LogP contribution in [-0.2, 0) is 28.9 Å². The second kappa shape index (κ2) is 19.3. The Hall–Kier alpha value is -4.67. The van der Waals surface area contributed by atoms with Gasteiger partial charge in [0.1, 0.15) is 35.2 Å². The standard InChI is InChI=1S/C41H50N5O8P/c1-28(2)46(29(3)4)55(52-25-11-23-42)54-36-26-39(45-24-22-38(43-30(5)47)44-40(45)48)53-37(36)27-51-41(31-12-9-8-10-13-31,32-14-18-34(49-6)19-15-32)33-16-20-35(50-7)21-17-33/h8-10,12-22,24,28-29,36-37,39H,11,25-27H2,1-7H3,(H,43,44,47,48)/t36-,37+,39+,55?/m0/s1/i26D,27D,36D/t26-,27?,36-,37+,39+,55?. The topological polar surface area (TPSA) is 146 Å². The zero-order valence-corrected chi connectivity index (χ0v) is 32.9. The molecule has 13 nitrogen and oxygen atoms in total. The molecule has 3 aromatic carbocycles. The number of benzene rings is 3. The molecule has 0 radical (unpaired) electrons. The van der Waals surface area contributed by atoms with Crippen LogP contribution in [0.5, 0.6) is 11.5 Å². The number of nitrogens with zero attached hydrogens (tertiary/aromatic N) is 4. The van der Waals surface area contributed by atoms with Crippen molar-refractivity contribution in [3.63, 3.8) is 0 Å². The lowest BCUT2D eigenvalue weighted by Gasteiger charge is -2.39. The lowest BCUT2D eigenvalue weighted by atomic mass is 9.80. The molecule has 55 heavy (non-hydrogen) atoms. The van der Waals surface area contributed by atoms with Crippen molar-refractivity contribution in [2.45, 2.75) is 83.5 Å². The van der Waals surface area contributed by atoms with Crippen molar-refractivity contribution < 1.29 is 36.9 Å². The van der Waals surface area contributed by atoms with E-state index in [0.29, 0.717) is 28.2 Å². The molecule has 1 aromatic heterocycles. The second-order valence-electron chi connectivity index (χ2n) is 13.1. The molecule has 0 spiro atoms. The average molecular weight is 775 g/mol. The molecule has 0 saturated carbocycles. The number of carbonyl (C=O) groups is 1. The molecule has 4 aromatic rings. The maximum atomic E-state index is 13.5. The molecule has 14 heteroatoms. The Balaban J connectivity index is 1.70. The van der Waals surface area contributed by atoms with Gasteiger partial charge >= 0.3 is 5.69 Å². The van der Waals surface area contributed by atoms with Gasteiger partial charge in [0, 0.05) is 33.0 Å². The first-order valence-corrected chi connectivity index (χ1v) is 19.0. The van der Waals surface area contributed by atoms with E-state index in [0.717, 1.165) is 4.57 Å². The van der Waals surface area contributed by atoms with Crippen LogP contribution < -0.4 is 20.5 Å². The molecule has 1 aliphatic rings. The quantitative estimate of drug-likeness (QED) is 0.0624. The van der Waals surface area contributed by atoms with Crippen LogP contribution in [-0.4, -0.2) is 71.8 Å². The minimum atomic E-state index is -2.42. The van der Waals surface area contributed by atoms with Gasteiger partial charge in [-0.1, -0.05) is 54.6 Å². The minimum absolute atomic E-state index is 0.00883. The number of methoxy groups -OCH3 is 2. The van der Waals surface area contributed by atoms with Crippen molar-refractivity contribution in [3.05, 3.63) is 118 Å². The van der Waals surface area contributed by atoms with E-state index in [1.807, 2.05) is 87.0 Å². The number of ether oxygens (including phenoxy) is 4. The van der Waals surface area contributed by atoms with Crippen LogP contribution in [0.15, 0.2) is 95.9 Å². The smallest absolute Gasteiger partial charge is 0.351 e. The fourth-order valence-electron chi connectivity index (χ4n) is 6.24. The molecule has 1 saturated heterocycles. The van der Waals surface area contributed by atoms with E-state index in [2.05, 4.69) is 16.4 Å². The first-order valence-electron chi connectivity index (χ1n) is 19.5. The highest BCUT2D eigenvalue weighted by atomic mass is 31.2. The van der Waals surface area contributed by atoms with Crippen molar-refractivity contribution in [1.82, 2.24) is 14.2 Å². The third-order valence-electron chi connectivity index (χ3n) is 8.67. The second-order valence-corrected chi connectivity index (χ2v) is 14.5. The number of anilines is 1. The van der Waals surface area contributed by atoms with Crippen LogP contribution in [0.4, 0.5) is 5.82 Å². The summed E-state index contributed by atoms with van der Waals surface area (Å²) < 4.78 is 69.7. The van der Waals surface area contributed by atoms with Gasteiger partial charge in [-0.25, -0.2) is 9.46 Å². The van der Waals surface area contributed by atoms with Gasteiger partial charge in [-0.3, -0.25) is 9.36 Å². The highest BCUT2D eigenvalue weighted by Crippen LogP contribution is 2.50. The number of hydrogen-bond donors (Lipinski definition) is 1. The fraction of sp³-hybridized carbons (Fsp3) is 0.415. The van der Waals surface area contributed by atoms with Crippen molar-refractivity contribution in [2.24, 2.45) is 0 Å². The number of rotatable bonds is 18. The van der Waals surface area contributed by atoms with Crippen LogP contribution >= 0.6 is 8.53 Å². The average Bonchev–Trinajstić information content (AvgIpc) is 3.45. The van der Waals surface area contributed by atoms with Crippen LogP contribution in [0.3, 0.4) is 0 Å². The summed E-state index contributed by atoms with van der Waals surface area (Å²) >= 11 is 0. The molecule has 2 heterocycles. The van der Waals surface area contributed by atoms with Crippen molar-refractivity contribution in [3.8, 4) is 17.6 Å². The summed E-state index contributed by atoms with van der Waals surface area (Å²) in [5.41, 5.74) is -0.541. The third-order valence-corrected chi connectivity index (χ3v) is 10.7. The van der Waals surface area contributed by atoms with Gasteiger partial charge in [0.2, 0.25) is 5.91 Å². The van der Waals surface area contributed by atoms with Crippen LogP contribution in [0.2, 0.25) is 0 Å². The van der Waals surface area contributed by atoms with E-state index in [1.165, 1.54) is 19.2 Å². The highest BCUT2D eigenvalue weighted by molar-refractivity contribution is 7.44. The molecule has 1 aliphatic heterocycles. The molecule has 1 fully saturated rings. The largest absolute Gasteiger partial charge is 0.497 e. The van der Waals surface area contributed by atoms with Gasteiger partial charge in [-0.2, -0.15) is 10.2 Å². The van der Waals surface area contributed by atoms with Crippen molar-refractivity contribution in [2.75, 3.05) is 32.7 Å². The Kier molecular flexibility index (Phi) is 13.1. The van der Waals surface area contributed by atoms with E-state index in [9.17, 15) is 19.0 Å². The molecule has 2 unspecified atom stereocenters. The Morgan fingerprint density at radius 2 is 1.62 bits per heavy atom. The third kappa shape index (κ3) is 9.96. The molecule has 0 bridgehead atoms. The predicted molar refractivity (Wildman–Crippen MR) is 210 cm³/mol. The van der Waals surface area contributed by atoms with Crippen molar-refractivity contribution >= 4 is 20.3 Å². The number of carbonyl (C=O) groups excluding carboxylic acids is 1. The van der Waals surface area contributed by atoms with Gasteiger partial charge in [-0.05, 0) is 74.7 Å². The molecule has 1 N–H and O–H groups in total. The fourth-order valence-corrected chi connectivity index (χ4v) is 7.87.